The molecule has 8 nitrogen and oxygen atoms in total. The molecule has 1 fully saturated rings. The molecule has 1 aliphatic heterocycles. The first-order valence-corrected chi connectivity index (χ1v) is 9.93. The summed E-state index contributed by atoms with van der Waals surface area (Å²) in [7, 11) is -3.59. The number of hydrogen-bond acceptors (Lipinski definition) is 5. The second-order valence-corrected chi connectivity index (χ2v) is 9.21. The van der Waals surface area contributed by atoms with Gasteiger partial charge in [-0.05, 0) is 36.5 Å². The molecule has 1 amide bonds. The highest BCUT2D eigenvalue weighted by atomic mass is 32.2. The summed E-state index contributed by atoms with van der Waals surface area (Å²) >= 11 is 0. The Labute approximate surface area is 153 Å². The van der Waals surface area contributed by atoms with Crippen molar-refractivity contribution in [2.24, 2.45) is 5.41 Å². The summed E-state index contributed by atoms with van der Waals surface area (Å²) in [6, 6.07) is 6.35. The molecule has 1 aliphatic rings. The van der Waals surface area contributed by atoms with Crippen LogP contribution in [0.4, 0.5) is 5.69 Å². The number of benzene rings is 1. The van der Waals surface area contributed by atoms with Gasteiger partial charge in [-0.25, -0.2) is 18.1 Å². The first-order valence-electron chi connectivity index (χ1n) is 8.49. The van der Waals surface area contributed by atoms with E-state index in [1.54, 1.807) is 18.2 Å². The Hall–Kier alpha value is -2.26. The van der Waals surface area contributed by atoms with Gasteiger partial charge in [-0.3, -0.25) is 4.79 Å². The van der Waals surface area contributed by atoms with Crippen molar-refractivity contribution in [1.29, 1.82) is 0 Å². The predicted octanol–water partition coefficient (Wildman–Crippen LogP) is 1.73. The zero-order chi connectivity index (χ0) is 18.8. The zero-order valence-corrected chi connectivity index (χ0v) is 15.7. The molecule has 0 spiro atoms. The number of rotatable bonds is 5. The van der Waals surface area contributed by atoms with Crippen LogP contribution in [0.1, 0.15) is 26.7 Å². The summed E-state index contributed by atoms with van der Waals surface area (Å²) in [5.41, 5.74) is 0.405. The minimum absolute atomic E-state index is 0.0112. The Morgan fingerprint density at radius 2 is 2.15 bits per heavy atom. The summed E-state index contributed by atoms with van der Waals surface area (Å²) in [5.74, 6) is -0.302. The quantitative estimate of drug-likeness (QED) is 0.856. The lowest BCUT2D eigenvalue weighted by Crippen LogP contribution is -2.43. The van der Waals surface area contributed by atoms with Gasteiger partial charge in [0.1, 0.15) is 19.2 Å². The Bertz CT molecular complexity index is 878. The van der Waals surface area contributed by atoms with Crippen molar-refractivity contribution in [3.63, 3.8) is 0 Å². The second-order valence-electron chi connectivity index (χ2n) is 7.28. The third kappa shape index (κ3) is 4.28. The second kappa shape index (κ2) is 7.16. The van der Waals surface area contributed by atoms with Crippen molar-refractivity contribution in [3.8, 4) is 0 Å². The molecule has 0 radical (unpaired) electrons. The molecule has 1 N–H and O–H groups in total. The summed E-state index contributed by atoms with van der Waals surface area (Å²) < 4.78 is 28.8. The van der Waals surface area contributed by atoms with Crippen LogP contribution in [0.3, 0.4) is 0 Å². The average molecular weight is 377 g/mol. The van der Waals surface area contributed by atoms with Gasteiger partial charge in [0.25, 0.3) is 0 Å². The number of nitrogens with zero attached hydrogens (tertiary/aromatic N) is 4. The number of piperidine rings is 1. The molecule has 1 saturated heterocycles. The van der Waals surface area contributed by atoms with E-state index in [2.05, 4.69) is 29.2 Å². The maximum Gasteiger partial charge on any atom is 0.246 e. The molecule has 0 atom stereocenters. The number of carbonyl (C=O) groups excluding carboxylic acids is 1. The Morgan fingerprint density at radius 1 is 1.35 bits per heavy atom. The number of nitrogens with one attached hydrogen (secondary N) is 1. The highest BCUT2D eigenvalue weighted by Crippen LogP contribution is 2.32. The van der Waals surface area contributed by atoms with Crippen LogP contribution in [0.5, 0.6) is 0 Å². The number of sulfonamides is 1. The van der Waals surface area contributed by atoms with Gasteiger partial charge >= 0.3 is 0 Å². The van der Waals surface area contributed by atoms with E-state index in [0.29, 0.717) is 18.8 Å². The molecule has 0 bridgehead atoms. The molecular weight excluding hydrogens is 354 g/mol. The van der Waals surface area contributed by atoms with Crippen molar-refractivity contribution in [2.75, 3.05) is 18.4 Å². The Kier molecular flexibility index (Phi) is 5.10. The maximum absolute atomic E-state index is 13.0. The molecule has 0 aliphatic carbocycles. The predicted molar refractivity (Wildman–Crippen MR) is 96.9 cm³/mol. The monoisotopic (exact) mass is 377 g/mol. The fourth-order valence-electron chi connectivity index (χ4n) is 3.12. The van der Waals surface area contributed by atoms with Gasteiger partial charge in [-0.2, -0.15) is 9.40 Å². The SMILES string of the molecule is CC1(C)CCCN(S(=O)(=O)c2cccc(NC(=O)Cn3cncn3)c2)C1. The minimum Gasteiger partial charge on any atom is -0.324 e. The summed E-state index contributed by atoms with van der Waals surface area (Å²) in [4.78, 5) is 16.0. The van der Waals surface area contributed by atoms with Crippen LogP contribution in [0.15, 0.2) is 41.8 Å². The first-order chi connectivity index (χ1) is 12.3. The lowest BCUT2D eigenvalue weighted by atomic mass is 9.85. The zero-order valence-electron chi connectivity index (χ0n) is 14.9. The van der Waals surface area contributed by atoms with Crippen molar-refractivity contribution in [3.05, 3.63) is 36.9 Å². The van der Waals surface area contributed by atoms with E-state index in [1.165, 1.54) is 27.7 Å². The van der Waals surface area contributed by atoms with Crippen molar-refractivity contribution in [2.45, 2.75) is 38.1 Å². The number of carbonyl (C=O) groups is 1. The fraction of sp³-hybridized carbons (Fsp3) is 0.471. The lowest BCUT2D eigenvalue weighted by Gasteiger charge is -2.37. The maximum atomic E-state index is 13.0. The summed E-state index contributed by atoms with van der Waals surface area (Å²) in [5, 5.41) is 6.57. The molecule has 9 heteroatoms. The molecule has 2 heterocycles. The summed E-state index contributed by atoms with van der Waals surface area (Å²) in [6.07, 6.45) is 4.65. The molecule has 26 heavy (non-hydrogen) atoms. The van der Waals surface area contributed by atoms with Gasteiger partial charge in [0.2, 0.25) is 15.9 Å². The van der Waals surface area contributed by atoms with Crippen LogP contribution >= 0.6 is 0 Å². The van der Waals surface area contributed by atoms with Crippen molar-refractivity contribution < 1.29 is 13.2 Å². The molecule has 0 saturated carbocycles. The van der Waals surface area contributed by atoms with E-state index in [-0.39, 0.29) is 22.8 Å². The molecular formula is C17H23N5O3S. The van der Waals surface area contributed by atoms with Crippen LogP contribution in [-0.4, -0.2) is 46.5 Å². The minimum atomic E-state index is -3.59. The smallest absolute Gasteiger partial charge is 0.246 e. The third-order valence-electron chi connectivity index (χ3n) is 4.39. The highest BCUT2D eigenvalue weighted by Gasteiger charge is 2.34. The van der Waals surface area contributed by atoms with Crippen LogP contribution < -0.4 is 5.32 Å². The largest absolute Gasteiger partial charge is 0.324 e. The molecule has 140 valence electrons. The highest BCUT2D eigenvalue weighted by molar-refractivity contribution is 7.89. The van der Waals surface area contributed by atoms with E-state index in [1.807, 2.05) is 0 Å². The van der Waals surface area contributed by atoms with Gasteiger partial charge in [0, 0.05) is 18.8 Å². The van der Waals surface area contributed by atoms with E-state index < -0.39 is 10.0 Å². The van der Waals surface area contributed by atoms with Gasteiger partial charge in [-0.1, -0.05) is 19.9 Å². The summed E-state index contributed by atoms with van der Waals surface area (Å²) in [6.45, 7) is 5.19. The van der Waals surface area contributed by atoms with Crippen LogP contribution in [0.25, 0.3) is 0 Å². The topological polar surface area (TPSA) is 97.2 Å². The van der Waals surface area contributed by atoms with Crippen LogP contribution in [-0.2, 0) is 21.4 Å². The molecule has 3 rings (SSSR count). The van der Waals surface area contributed by atoms with E-state index >= 15 is 0 Å². The van der Waals surface area contributed by atoms with E-state index in [4.69, 9.17) is 0 Å². The van der Waals surface area contributed by atoms with Crippen LogP contribution in [0.2, 0.25) is 0 Å². The van der Waals surface area contributed by atoms with Crippen molar-refractivity contribution in [1.82, 2.24) is 19.1 Å². The van der Waals surface area contributed by atoms with E-state index in [9.17, 15) is 13.2 Å². The number of anilines is 1. The lowest BCUT2D eigenvalue weighted by molar-refractivity contribution is -0.116. The molecule has 1 aromatic heterocycles. The number of hydrogen-bond donors (Lipinski definition) is 1. The van der Waals surface area contributed by atoms with Gasteiger partial charge in [0.05, 0.1) is 4.90 Å². The average Bonchev–Trinajstić information content (AvgIpc) is 3.07. The van der Waals surface area contributed by atoms with Gasteiger partial charge < -0.3 is 5.32 Å². The molecule has 2 aromatic rings. The normalized spacial score (nSPS) is 17.8. The van der Waals surface area contributed by atoms with Crippen LogP contribution in [0, 0.1) is 5.41 Å². The Balaban J connectivity index is 1.74. The van der Waals surface area contributed by atoms with Gasteiger partial charge in [0.15, 0.2) is 0 Å². The number of amides is 1. The molecule has 0 unspecified atom stereocenters. The Morgan fingerprint density at radius 3 is 2.85 bits per heavy atom. The third-order valence-corrected chi connectivity index (χ3v) is 6.23. The van der Waals surface area contributed by atoms with E-state index in [0.717, 1.165) is 12.8 Å². The standard InChI is InChI=1S/C17H23N5O3S/c1-17(2)7-4-8-22(11-17)26(24,25)15-6-3-5-14(9-15)20-16(23)10-21-13-18-12-19-21/h3,5-6,9,12-13H,4,7-8,10-11H2,1-2H3,(H,20,23). The fourth-order valence-corrected chi connectivity index (χ4v) is 4.83. The van der Waals surface area contributed by atoms with Crippen molar-refractivity contribution >= 4 is 21.6 Å². The van der Waals surface area contributed by atoms with Gasteiger partial charge in [-0.15, -0.1) is 0 Å². The molecule has 1 aromatic carbocycles. The number of aromatic nitrogens is 3. The first kappa shape index (κ1) is 18.5.